The first-order valence-corrected chi connectivity index (χ1v) is 14.5. The highest BCUT2D eigenvalue weighted by Gasteiger charge is 2.26. The summed E-state index contributed by atoms with van der Waals surface area (Å²) in [6.07, 6.45) is 2.79. The molecule has 4 aromatic rings. The molecule has 9 nitrogen and oxygen atoms in total. The highest BCUT2D eigenvalue weighted by atomic mass is 35.5. The van der Waals surface area contributed by atoms with Gasteiger partial charge in [-0.1, -0.05) is 23.7 Å². The first kappa shape index (κ1) is 28.4. The predicted molar refractivity (Wildman–Crippen MR) is 154 cm³/mol. The molecule has 2 saturated heterocycles. The van der Waals surface area contributed by atoms with Crippen molar-refractivity contribution in [2.45, 2.75) is 57.6 Å². The van der Waals surface area contributed by atoms with Crippen molar-refractivity contribution in [3.8, 4) is 11.5 Å². The van der Waals surface area contributed by atoms with E-state index in [0.717, 1.165) is 61.6 Å². The number of rotatable bonds is 11. The average molecular weight is 595 g/mol. The summed E-state index contributed by atoms with van der Waals surface area (Å²) in [6.45, 7) is 3.99. The number of imidazole rings is 1. The smallest absolute Gasteiger partial charge is 0.309 e. The standard InChI is InChI=1S/C31H32ClFN4O5/c32-21-4-7-28(26(33)15-21)41-19-20-2-1-3-24(14-20)42-23-8-11-36(12-9-23)18-29-35-27-6-5-22(16-30(38)39)34-31(27)37(29)17-25-10-13-40-25/h1-7,14-15,23,25H,8-13,16-19H2,(H,38,39)/t25-/m0/s1. The summed E-state index contributed by atoms with van der Waals surface area (Å²) < 4.78 is 33.8. The number of piperidine rings is 1. The van der Waals surface area contributed by atoms with Gasteiger partial charge in [-0.05, 0) is 67.3 Å². The number of aromatic nitrogens is 3. The van der Waals surface area contributed by atoms with Gasteiger partial charge in [-0.3, -0.25) is 9.69 Å². The fraction of sp³-hybridized carbons (Fsp3) is 0.387. The van der Waals surface area contributed by atoms with Crippen molar-refractivity contribution >= 4 is 28.7 Å². The van der Waals surface area contributed by atoms with Crippen LogP contribution in [0.5, 0.6) is 11.5 Å². The van der Waals surface area contributed by atoms with E-state index in [9.17, 15) is 14.3 Å². The van der Waals surface area contributed by atoms with E-state index in [4.69, 9.17) is 30.8 Å². The summed E-state index contributed by atoms with van der Waals surface area (Å²) in [5.41, 5.74) is 2.87. The van der Waals surface area contributed by atoms with Gasteiger partial charge in [0.25, 0.3) is 0 Å². The number of carbonyl (C=O) groups is 1. The molecule has 2 aromatic heterocycles. The minimum absolute atomic E-state index is 0.0774. The normalized spacial score (nSPS) is 17.7. The molecule has 4 heterocycles. The van der Waals surface area contributed by atoms with Crippen molar-refractivity contribution in [1.29, 1.82) is 0 Å². The molecule has 0 unspecified atom stereocenters. The van der Waals surface area contributed by atoms with Crippen LogP contribution in [0.1, 0.15) is 36.3 Å². The average Bonchev–Trinajstić information content (AvgIpc) is 3.27. The Balaban J connectivity index is 1.06. The number of aliphatic carboxylic acids is 1. The van der Waals surface area contributed by atoms with Crippen LogP contribution in [0.3, 0.4) is 0 Å². The highest BCUT2D eigenvalue weighted by Crippen LogP contribution is 2.26. The van der Waals surface area contributed by atoms with Gasteiger partial charge in [-0.2, -0.15) is 0 Å². The summed E-state index contributed by atoms with van der Waals surface area (Å²) in [4.78, 5) is 23.1. The van der Waals surface area contributed by atoms with E-state index < -0.39 is 11.8 Å². The quantitative estimate of drug-likeness (QED) is 0.251. The zero-order valence-corrected chi connectivity index (χ0v) is 23.8. The molecule has 2 aliphatic rings. The van der Waals surface area contributed by atoms with E-state index in [0.29, 0.717) is 29.5 Å². The largest absolute Gasteiger partial charge is 0.490 e. The van der Waals surface area contributed by atoms with Crippen molar-refractivity contribution in [3.63, 3.8) is 0 Å². The van der Waals surface area contributed by atoms with Gasteiger partial charge in [0, 0.05) is 24.7 Å². The van der Waals surface area contributed by atoms with Crippen LogP contribution in [0.2, 0.25) is 5.02 Å². The van der Waals surface area contributed by atoms with Crippen LogP contribution in [0.25, 0.3) is 11.2 Å². The molecule has 11 heteroatoms. The number of carboxylic acids is 1. The summed E-state index contributed by atoms with van der Waals surface area (Å²) in [6, 6.07) is 15.6. The molecule has 42 heavy (non-hydrogen) atoms. The van der Waals surface area contributed by atoms with E-state index in [2.05, 4.69) is 14.5 Å². The fourth-order valence-corrected chi connectivity index (χ4v) is 5.48. The van der Waals surface area contributed by atoms with Gasteiger partial charge >= 0.3 is 5.97 Å². The lowest BCUT2D eigenvalue weighted by molar-refractivity contribution is -0.136. The first-order chi connectivity index (χ1) is 20.4. The van der Waals surface area contributed by atoms with Gasteiger partial charge in [0.2, 0.25) is 0 Å². The Hall–Kier alpha value is -3.73. The van der Waals surface area contributed by atoms with E-state index in [1.807, 2.05) is 30.3 Å². The number of ether oxygens (including phenoxy) is 3. The van der Waals surface area contributed by atoms with Crippen LogP contribution >= 0.6 is 11.6 Å². The van der Waals surface area contributed by atoms with E-state index in [-0.39, 0.29) is 31.0 Å². The molecule has 0 amide bonds. The van der Waals surface area contributed by atoms with E-state index in [1.54, 1.807) is 12.1 Å². The zero-order valence-electron chi connectivity index (χ0n) is 23.0. The number of hydrogen-bond acceptors (Lipinski definition) is 7. The van der Waals surface area contributed by atoms with Crippen LogP contribution < -0.4 is 9.47 Å². The Kier molecular flexibility index (Phi) is 8.55. The van der Waals surface area contributed by atoms with Crippen LogP contribution in [-0.4, -0.2) is 62.4 Å². The monoisotopic (exact) mass is 594 g/mol. The number of benzene rings is 2. The Morgan fingerprint density at radius 1 is 1.10 bits per heavy atom. The van der Waals surface area contributed by atoms with Crippen LogP contribution in [0.15, 0.2) is 54.6 Å². The lowest BCUT2D eigenvalue weighted by atomic mass is 10.1. The van der Waals surface area contributed by atoms with Crippen molar-refractivity contribution in [2.75, 3.05) is 19.7 Å². The zero-order chi connectivity index (χ0) is 29.1. The molecule has 0 radical (unpaired) electrons. The topological polar surface area (TPSA) is 98.9 Å². The third-order valence-electron chi connectivity index (χ3n) is 7.63. The van der Waals surface area contributed by atoms with Crippen LogP contribution in [0, 0.1) is 5.82 Å². The SMILES string of the molecule is O=C(O)Cc1ccc2nc(CN3CCC(Oc4cccc(COc5ccc(Cl)cc5F)c4)CC3)n(C[C@@H]3CCO3)c2n1. The Bertz CT molecular complexity index is 1570. The van der Waals surface area contributed by atoms with Crippen molar-refractivity contribution in [3.05, 3.63) is 82.5 Å². The number of hydrogen-bond donors (Lipinski definition) is 1. The lowest BCUT2D eigenvalue weighted by Crippen LogP contribution is -2.39. The predicted octanol–water partition coefficient (Wildman–Crippen LogP) is 5.26. The summed E-state index contributed by atoms with van der Waals surface area (Å²) in [7, 11) is 0. The van der Waals surface area contributed by atoms with Gasteiger partial charge in [-0.25, -0.2) is 14.4 Å². The highest BCUT2D eigenvalue weighted by molar-refractivity contribution is 6.30. The number of carboxylic acid groups (broad SMARTS) is 1. The molecule has 6 rings (SSSR count). The maximum atomic E-state index is 14.0. The number of likely N-dealkylation sites (tertiary alicyclic amines) is 1. The van der Waals surface area contributed by atoms with Gasteiger partial charge in [0.15, 0.2) is 17.2 Å². The molecule has 0 bridgehead atoms. The van der Waals surface area contributed by atoms with Crippen molar-refractivity contribution in [2.24, 2.45) is 0 Å². The van der Waals surface area contributed by atoms with Crippen molar-refractivity contribution < 1.29 is 28.5 Å². The molecule has 0 spiro atoms. The molecule has 2 aliphatic heterocycles. The second-order valence-corrected chi connectivity index (χ2v) is 11.2. The van der Waals surface area contributed by atoms with Crippen molar-refractivity contribution in [1.82, 2.24) is 19.4 Å². The van der Waals surface area contributed by atoms with E-state index in [1.165, 1.54) is 12.1 Å². The van der Waals surface area contributed by atoms with Gasteiger partial charge in [0.05, 0.1) is 31.3 Å². The lowest BCUT2D eigenvalue weighted by Gasteiger charge is -2.32. The molecule has 0 aliphatic carbocycles. The van der Waals surface area contributed by atoms with Crippen LogP contribution in [0.4, 0.5) is 4.39 Å². The third-order valence-corrected chi connectivity index (χ3v) is 7.87. The minimum atomic E-state index is -0.908. The summed E-state index contributed by atoms with van der Waals surface area (Å²) >= 11 is 5.82. The second kappa shape index (κ2) is 12.6. The molecule has 0 saturated carbocycles. The first-order valence-electron chi connectivity index (χ1n) is 14.1. The molecule has 1 N–H and O–H groups in total. The summed E-state index contributed by atoms with van der Waals surface area (Å²) in [5.74, 6) is 0.423. The molecular weight excluding hydrogens is 563 g/mol. The maximum Gasteiger partial charge on any atom is 0.309 e. The number of halogens is 2. The number of pyridine rings is 1. The second-order valence-electron chi connectivity index (χ2n) is 10.7. The van der Waals surface area contributed by atoms with Gasteiger partial charge in [-0.15, -0.1) is 0 Å². The van der Waals surface area contributed by atoms with Gasteiger partial charge < -0.3 is 23.9 Å². The summed E-state index contributed by atoms with van der Waals surface area (Å²) in [5, 5.41) is 9.54. The maximum absolute atomic E-state index is 14.0. The molecule has 2 aromatic carbocycles. The van der Waals surface area contributed by atoms with Gasteiger partial charge in [0.1, 0.15) is 29.8 Å². The Morgan fingerprint density at radius 2 is 1.93 bits per heavy atom. The Labute approximate surface area is 247 Å². The molecule has 1 atom stereocenters. The molecule has 220 valence electrons. The van der Waals surface area contributed by atoms with E-state index >= 15 is 0 Å². The minimum Gasteiger partial charge on any atom is -0.490 e. The molecular formula is C31H32ClFN4O5. The fourth-order valence-electron chi connectivity index (χ4n) is 5.33. The number of nitrogens with zero attached hydrogens (tertiary/aromatic N) is 4. The number of fused-ring (bicyclic) bond motifs is 1. The Morgan fingerprint density at radius 3 is 2.67 bits per heavy atom. The third kappa shape index (κ3) is 6.83. The molecule has 2 fully saturated rings. The van der Waals surface area contributed by atoms with Crippen LogP contribution in [-0.2, 0) is 35.6 Å².